The molecular weight excluding hydrogens is 318 g/mol. The third-order valence-electron chi connectivity index (χ3n) is 2.56. The molecule has 0 aliphatic rings. The lowest BCUT2D eigenvalue weighted by Gasteiger charge is -2.15. The van der Waals surface area contributed by atoms with Crippen LogP contribution in [0.4, 0.5) is 0 Å². The van der Waals surface area contributed by atoms with Crippen molar-refractivity contribution < 1.29 is 9.53 Å². The van der Waals surface area contributed by atoms with Gasteiger partial charge < -0.3 is 10.1 Å². The molecule has 3 nitrogen and oxygen atoms in total. The molecule has 100 valence electrons. The Kier molecular flexibility index (Phi) is 6.50. The Morgan fingerprint density at radius 3 is 2.89 bits per heavy atom. The molecule has 0 aliphatic heterocycles. The van der Waals surface area contributed by atoms with E-state index in [9.17, 15) is 4.79 Å². The number of methoxy groups -OCH3 is 1. The number of halogens is 2. The number of benzene rings is 1. The number of ether oxygens (including phenoxy) is 1. The smallest absolute Gasteiger partial charge is 0.255 e. The van der Waals surface area contributed by atoms with E-state index in [1.807, 2.05) is 6.92 Å². The summed E-state index contributed by atoms with van der Waals surface area (Å²) in [6.07, 6.45) is 1.96. The molecule has 0 fully saturated rings. The predicted octanol–water partition coefficient (Wildman–Crippen LogP) is 3.64. The summed E-state index contributed by atoms with van der Waals surface area (Å²) in [5.41, 5.74) is 0.507. The van der Waals surface area contributed by atoms with Crippen molar-refractivity contribution in [2.24, 2.45) is 0 Å². The molecule has 0 heterocycles. The zero-order valence-corrected chi connectivity index (χ0v) is 12.8. The van der Waals surface area contributed by atoms with E-state index in [4.69, 9.17) is 16.3 Å². The van der Waals surface area contributed by atoms with E-state index in [2.05, 4.69) is 21.2 Å². The van der Waals surface area contributed by atoms with Crippen LogP contribution < -0.4 is 10.1 Å². The van der Waals surface area contributed by atoms with E-state index in [-0.39, 0.29) is 11.9 Å². The number of carbonyl (C=O) groups excluding carboxylic acids is 1. The van der Waals surface area contributed by atoms with Crippen molar-refractivity contribution in [3.8, 4) is 5.75 Å². The zero-order chi connectivity index (χ0) is 13.5. The van der Waals surface area contributed by atoms with Crippen LogP contribution in [0.25, 0.3) is 0 Å². The molecule has 0 saturated heterocycles. The monoisotopic (exact) mass is 333 g/mol. The van der Waals surface area contributed by atoms with Crippen LogP contribution in [0.5, 0.6) is 5.75 Å². The van der Waals surface area contributed by atoms with Gasteiger partial charge in [0.25, 0.3) is 5.91 Å². The van der Waals surface area contributed by atoms with Crippen molar-refractivity contribution in [3.05, 3.63) is 28.8 Å². The second kappa shape index (κ2) is 7.64. The lowest BCUT2D eigenvalue weighted by atomic mass is 10.1. The predicted molar refractivity (Wildman–Crippen MR) is 78.0 cm³/mol. The standard InChI is InChI=1S/C13H17BrClNO2/c1-9(4-3-7-14)16-13(17)11-6-5-10(15)8-12(11)18-2/h5-6,8-9H,3-4,7H2,1-2H3,(H,16,17). The van der Waals surface area contributed by atoms with Gasteiger partial charge in [0.15, 0.2) is 0 Å². The van der Waals surface area contributed by atoms with Crippen molar-refractivity contribution in [2.45, 2.75) is 25.8 Å². The quantitative estimate of drug-likeness (QED) is 0.807. The average Bonchev–Trinajstić information content (AvgIpc) is 2.35. The second-order valence-corrected chi connectivity index (χ2v) is 5.28. The summed E-state index contributed by atoms with van der Waals surface area (Å²) in [6, 6.07) is 5.13. The summed E-state index contributed by atoms with van der Waals surface area (Å²) >= 11 is 9.23. The van der Waals surface area contributed by atoms with Crippen LogP contribution >= 0.6 is 27.5 Å². The van der Waals surface area contributed by atoms with Gasteiger partial charge >= 0.3 is 0 Å². The molecule has 0 bridgehead atoms. The lowest BCUT2D eigenvalue weighted by molar-refractivity contribution is 0.0935. The van der Waals surface area contributed by atoms with Crippen LogP contribution in [-0.4, -0.2) is 24.4 Å². The second-order valence-electron chi connectivity index (χ2n) is 4.05. The minimum atomic E-state index is -0.134. The van der Waals surface area contributed by atoms with Crippen molar-refractivity contribution in [2.75, 3.05) is 12.4 Å². The maximum atomic E-state index is 12.1. The summed E-state index contributed by atoms with van der Waals surface area (Å²) in [6.45, 7) is 1.99. The summed E-state index contributed by atoms with van der Waals surface area (Å²) in [7, 11) is 1.52. The van der Waals surface area contributed by atoms with Crippen LogP contribution in [0.15, 0.2) is 18.2 Å². The molecule has 0 aliphatic carbocycles. The Balaban J connectivity index is 2.72. The fourth-order valence-electron chi connectivity index (χ4n) is 1.61. The fourth-order valence-corrected chi connectivity index (χ4v) is 2.10. The number of hydrogen-bond acceptors (Lipinski definition) is 2. The molecule has 0 spiro atoms. The average molecular weight is 335 g/mol. The number of rotatable bonds is 6. The molecular formula is C13H17BrClNO2. The largest absolute Gasteiger partial charge is 0.496 e. The molecule has 0 aromatic heterocycles. The van der Waals surface area contributed by atoms with Crippen molar-refractivity contribution in [3.63, 3.8) is 0 Å². The van der Waals surface area contributed by atoms with Crippen LogP contribution in [-0.2, 0) is 0 Å². The summed E-state index contributed by atoms with van der Waals surface area (Å²) in [4.78, 5) is 12.1. The zero-order valence-electron chi connectivity index (χ0n) is 10.5. The maximum Gasteiger partial charge on any atom is 0.255 e. The summed E-state index contributed by atoms with van der Waals surface area (Å²) in [5.74, 6) is 0.360. The summed E-state index contributed by atoms with van der Waals surface area (Å²) in [5, 5.41) is 4.44. The van der Waals surface area contributed by atoms with E-state index < -0.39 is 0 Å². The molecule has 1 N–H and O–H groups in total. The summed E-state index contributed by atoms with van der Waals surface area (Å²) < 4.78 is 5.16. The highest BCUT2D eigenvalue weighted by Gasteiger charge is 2.14. The van der Waals surface area contributed by atoms with Crippen molar-refractivity contribution in [1.82, 2.24) is 5.32 Å². The first-order chi connectivity index (χ1) is 8.58. The number of carbonyl (C=O) groups is 1. The van der Waals surface area contributed by atoms with Gasteiger partial charge in [-0.1, -0.05) is 27.5 Å². The van der Waals surface area contributed by atoms with Gasteiger partial charge in [0.05, 0.1) is 12.7 Å². The van der Waals surface area contributed by atoms with E-state index in [0.717, 1.165) is 18.2 Å². The SMILES string of the molecule is COc1cc(Cl)ccc1C(=O)NC(C)CCCBr. The molecule has 1 aromatic carbocycles. The molecule has 1 amide bonds. The molecule has 0 saturated carbocycles. The van der Waals surface area contributed by atoms with E-state index in [0.29, 0.717) is 16.3 Å². The normalized spacial score (nSPS) is 12.0. The van der Waals surface area contributed by atoms with Crippen LogP contribution in [0.3, 0.4) is 0 Å². The van der Waals surface area contributed by atoms with Gasteiger partial charge in [-0.3, -0.25) is 4.79 Å². The highest BCUT2D eigenvalue weighted by Crippen LogP contribution is 2.23. The van der Waals surface area contributed by atoms with Crippen LogP contribution in [0, 0.1) is 0 Å². The van der Waals surface area contributed by atoms with Gasteiger partial charge in [0.2, 0.25) is 0 Å². The van der Waals surface area contributed by atoms with Gasteiger partial charge in [-0.25, -0.2) is 0 Å². The highest BCUT2D eigenvalue weighted by molar-refractivity contribution is 9.09. The first-order valence-corrected chi connectivity index (χ1v) is 7.28. The molecule has 1 aromatic rings. The lowest BCUT2D eigenvalue weighted by Crippen LogP contribution is -2.32. The topological polar surface area (TPSA) is 38.3 Å². The minimum absolute atomic E-state index is 0.134. The third-order valence-corrected chi connectivity index (χ3v) is 3.35. The number of nitrogens with one attached hydrogen (secondary N) is 1. The Morgan fingerprint density at radius 2 is 2.28 bits per heavy atom. The van der Waals surface area contributed by atoms with E-state index >= 15 is 0 Å². The first kappa shape index (κ1) is 15.3. The molecule has 1 unspecified atom stereocenters. The van der Waals surface area contributed by atoms with Gasteiger partial charge in [-0.2, -0.15) is 0 Å². The van der Waals surface area contributed by atoms with Crippen LogP contribution in [0.2, 0.25) is 5.02 Å². The number of alkyl halides is 1. The molecule has 1 rings (SSSR count). The number of amides is 1. The minimum Gasteiger partial charge on any atom is -0.496 e. The first-order valence-electron chi connectivity index (χ1n) is 5.79. The maximum absolute atomic E-state index is 12.1. The number of hydrogen-bond donors (Lipinski definition) is 1. The molecule has 1 atom stereocenters. The molecule has 5 heteroatoms. The molecule has 18 heavy (non-hydrogen) atoms. The fraction of sp³-hybridized carbons (Fsp3) is 0.462. The Hall–Kier alpha value is -0.740. The Bertz CT molecular complexity index is 412. The van der Waals surface area contributed by atoms with Gasteiger partial charge in [-0.15, -0.1) is 0 Å². The third kappa shape index (κ3) is 4.50. The van der Waals surface area contributed by atoms with Crippen molar-refractivity contribution in [1.29, 1.82) is 0 Å². The van der Waals surface area contributed by atoms with Crippen LogP contribution in [0.1, 0.15) is 30.1 Å². The van der Waals surface area contributed by atoms with E-state index in [1.54, 1.807) is 18.2 Å². The highest BCUT2D eigenvalue weighted by atomic mass is 79.9. The van der Waals surface area contributed by atoms with Crippen molar-refractivity contribution >= 4 is 33.4 Å². The Morgan fingerprint density at radius 1 is 1.56 bits per heavy atom. The van der Waals surface area contributed by atoms with E-state index in [1.165, 1.54) is 7.11 Å². The molecule has 0 radical (unpaired) electrons. The Labute approximate surface area is 121 Å². The van der Waals surface area contributed by atoms with Gasteiger partial charge in [-0.05, 0) is 38.0 Å². The van der Waals surface area contributed by atoms with Gasteiger partial charge in [0, 0.05) is 16.4 Å². The van der Waals surface area contributed by atoms with Gasteiger partial charge in [0.1, 0.15) is 5.75 Å².